The van der Waals surface area contributed by atoms with Gasteiger partial charge in [-0.25, -0.2) is 4.98 Å². The first kappa shape index (κ1) is 18.5. The standard InChI is InChI=1S/C19H19ClN2O3S/c1-2-3-9-24-14-5-4-6-15(11-14)25-12-18(23)22-19-21-16-8-7-13(20)10-17(16)26-19/h4-8,10-11H,2-3,9,12H2,1H3,(H,21,22,23). The van der Waals surface area contributed by atoms with Gasteiger partial charge in [-0.05, 0) is 36.8 Å². The summed E-state index contributed by atoms with van der Waals surface area (Å²) in [4.78, 5) is 16.5. The van der Waals surface area contributed by atoms with E-state index < -0.39 is 0 Å². The predicted octanol–water partition coefficient (Wildman–Crippen LogP) is 5.15. The average molecular weight is 391 g/mol. The number of hydrogen-bond donors (Lipinski definition) is 1. The van der Waals surface area contributed by atoms with Crippen LogP contribution in [0.15, 0.2) is 42.5 Å². The molecule has 136 valence electrons. The predicted molar refractivity (Wildman–Crippen MR) is 106 cm³/mol. The topological polar surface area (TPSA) is 60.5 Å². The van der Waals surface area contributed by atoms with Gasteiger partial charge in [-0.3, -0.25) is 10.1 Å². The molecule has 0 atom stereocenters. The number of amides is 1. The highest BCUT2D eigenvalue weighted by Crippen LogP contribution is 2.28. The van der Waals surface area contributed by atoms with Crippen LogP contribution >= 0.6 is 22.9 Å². The second kappa shape index (κ2) is 8.87. The first-order valence-electron chi connectivity index (χ1n) is 8.35. The van der Waals surface area contributed by atoms with E-state index in [1.165, 1.54) is 11.3 Å². The third kappa shape index (κ3) is 5.09. The number of unbranched alkanes of at least 4 members (excludes halogenated alkanes) is 1. The van der Waals surface area contributed by atoms with Crippen LogP contribution < -0.4 is 14.8 Å². The molecule has 5 nitrogen and oxygen atoms in total. The van der Waals surface area contributed by atoms with Crippen molar-refractivity contribution in [3.05, 3.63) is 47.5 Å². The maximum absolute atomic E-state index is 12.1. The smallest absolute Gasteiger partial charge is 0.264 e. The van der Waals surface area contributed by atoms with E-state index in [2.05, 4.69) is 17.2 Å². The Morgan fingerprint density at radius 1 is 1.19 bits per heavy atom. The van der Waals surface area contributed by atoms with Crippen LogP contribution in [0.2, 0.25) is 5.02 Å². The summed E-state index contributed by atoms with van der Waals surface area (Å²) < 4.78 is 12.1. The zero-order valence-corrected chi connectivity index (χ0v) is 15.9. The summed E-state index contributed by atoms with van der Waals surface area (Å²) in [6.07, 6.45) is 2.08. The van der Waals surface area contributed by atoms with E-state index in [0.29, 0.717) is 22.5 Å². The number of benzene rings is 2. The maximum Gasteiger partial charge on any atom is 0.264 e. The number of nitrogens with zero attached hydrogens (tertiary/aromatic N) is 1. The Hall–Kier alpha value is -2.31. The Morgan fingerprint density at radius 2 is 2.00 bits per heavy atom. The molecule has 2 aromatic carbocycles. The second-order valence-electron chi connectivity index (χ2n) is 5.64. The van der Waals surface area contributed by atoms with Crippen molar-refractivity contribution in [3.63, 3.8) is 0 Å². The minimum atomic E-state index is -0.271. The Balaban J connectivity index is 1.54. The monoisotopic (exact) mass is 390 g/mol. The zero-order chi connectivity index (χ0) is 18.4. The molecule has 1 amide bonds. The van der Waals surface area contributed by atoms with Gasteiger partial charge >= 0.3 is 0 Å². The lowest BCUT2D eigenvalue weighted by molar-refractivity contribution is -0.118. The van der Waals surface area contributed by atoms with Gasteiger partial charge in [0, 0.05) is 11.1 Å². The number of hydrogen-bond acceptors (Lipinski definition) is 5. The number of thiazole rings is 1. The number of fused-ring (bicyclic) bond motifs is 1. The van der Waals surface area contributed by atoms with Crippen LogP contribution in [0.1, 0.15) is 19.8 Å². The molecule has 26 heavy (non-hydrogen) atoms. The lowest BCUT2D eigenvalue weighted by Gasteiger charge is -2.09. The first-order chi connectivity index (χ1) is 12.6. The van der Waals surface area contributed by atoms with Crippen molar-refractivity contribution < 1.29 is 14.3 Å². The molecular weight excluding hydrogens is 372 g/mol. The number of halogens is 1. The quantitative estimate of drug-likeness (QED) is 0.540. The minimum Gasteiger partial charge on any atom is -0.493 e. The Kier molecular flexibility index (Phi) is 6.30. The van der Waals surface area contributed by atoms with Gasteiger partial charge in [0.15, 0.2) is 11.7 Å². The molecule has 3 aromatic rings. The fourth-order valence-corrected chi connectivity index (χ4v) is 3.40. The number of anilines is 1. The summed E-state index contributed by atoms with van der Waals surface area (Å²) in [7, 11) is 0. The zero-order valence-electron chi connectivity index (χ0n) is 14.3. The summed E-state index contributed by atoms with van der Waals surface area (Å²) >= 11 is 7.34. The molecule has 0 aliphatic carbocycles. The van der Waals surface area contributed by atoms with E-state index in [-0.39, 0.29) is 12.5 Å². The summed E-state index contributed by atoms with van der Waals surface area (Å²) in [5.41, 5.74) is 0.799. The van der Waals surface area contributed by atoms with Gasteiger partial charge in [-0.2, -0.15) is 0 Å². The van der Waals surface area contributed by atoms with Gasteiger partial charge in [0.25, 0.3) is 5.91 Å². The van der Waals surface area contributed by atoms with Gasteiger partial charge < -0.3 is 9.47 Å². The normalized spacial score (nSPS) is 10.7. The first-order valence-corrected chi connectivity index (χ1v) is 9.55. The largest absolute Gasteiger partial charge is 0.493 e. The maximum atomic E-state index is 12.1. The number of ether oxygens (including phenoxy) is 2. The Bertz CT molecular complexity index is 897. The number of nitrogens with one attached hydrogen (secondary N) is 1. The van der Waals surface area contributed by atoms with E-state index in [0.717, 1.165) is 28.8 Å². The van der Waals surface area contributed by atoms with Gasteiger partial charge in [0.2, 0.25) is 0 Å². The van der Waals surface area contributed by atoms with Crippen molar-refractivity contribution in [3.8, 4) is 11.5 Å². The van der Waals surface area contributed by atoms with Crippen molar-refractivity contribution in [1.29, 1.82) is 0 Å². The molecule has 1 heterocycles. The fraction of sp³-hybridized carbons (Fsp3) is 0.263. The molecule has 7 heteroatoms. The lowest BCUT2D eigenvalue weighted by Crippen LogP contribution is -2.20. The molecule has 3 rings (SSSR count). The van der Waals surface area contributed by atoms with E-state index in [1.54, 1.807) is 18.2 Å². The van der Waals surface area contributed by atoms with Crippen molar-refractivity contribution >= 4 is 44.2 Å². The minimum absolute atomic E-state index is 0.102. The van der Waals surface area contributed by atoms with Crippen LogP contribution in [0, 0.1) is 0 Å². The molecule has 0 bridgehead atoms. The molecular formula is C19H19ClN2O3S. The lowest BCUT2D eigenvalue weighted by atomic mass is 10.3. The Morgan fingerprint density at radius 3 is 2.81 bits per heavy atom. The summed E-state index contributed by atoms with van der Waals surface area (Å²) in [5, 5.41) is 3.91. The van der Waals surface area contributed by atoms with Crippen LogP contribution in [-0.4, -0.2) is 24.1 Å². The SMILES string of the molecule is CCCCOc1cccc(OCC(=O)Nc2nc3ccc(Cl)cc3s2)c1. The fourth-order valence-electron chi connectivity index (χ4n) is 2.24. The highest BCUT2D eigenvalue weighted by atomic mass is 35.5. The van der Waals surface area contributed by atoms with Crippen molar-refractivity contribution in [2.24, 2.45) is 0 Å². The van der Waals surface area contributed by atoms with Crippen molar-refractivity contribution in [2.45, 2.75) is 19.8 Å². The van der Waals surface area contributed by atoms with Gasteiger partial charge in [0.05, 0.1) is 16.8 Å². The number of rotatable bonds is 8. The molecule has 0 saturated heterocycles. The van der Waals surface area contributed by atoms with E-state index in [1.807, 2.05) is 24.3 Å². The summed E-state index contributed by atoms with van der Waals surface area (Å²) in [5.74, 6) is 1.05. The molecule has 0 aliphatic rings. The van der Waals surface area contributed by atoms with Gasteiger partial charge in [-0.15, -0.1) is 0 Å². The van der Waals surface area contributed by atoms with E-state index in [9.17, 15) is 4.79 Å². The van der Waals surface area contributed by atoms with E-state index in [4.69, 9.17) is 21.1 Å². The molecule has 0 spiro atoms. The van der Waals surface area contributed by atoms with Crippen LogP contribution in [0.4, 0.5) is 5.13 Å². The third-order valence-corrected chi connectivity index (χ3v) is 4.71. The third-order valence-electron chi connectivity index (χ3n) is 3.54. The highest BCUT2D eigenvalue weighted by molar-refractivity contribution is 7.22. The number of aromatic nitrogens is 1. The number of carbonyl (C=O) groups excluding carboxylic acids is 1. The second-order valence-corrected chi connectivity index (χ2v) is 7.11. The summed E-state index contributed by atoms with van der Waals surface area (Å²) in [6.45, 7) is 2.68. The summed E-state index contributed by atoms with van der Waals surface area (Å²) in [6, 6.07) is 12.7. The molecule has 1 N–H and O–H groups in total. The van der Waals surface area contributed by atoms with Crippen molar-refractivity contribution in [1.82, 2.24) is 4.98 Å². The van der Waals surface area contributed by atoms with Crippen LogP contribution in [-0.2, 0) is 4.79 Å². The van der Waals surface area contributed by atoms with Crippen LogP contribution in [0.3, 0.4) is 0 Å². The molecule has 0 saturated carbocycles. The Labute approximate surface area is 160 Å². The number of carbonyl (C=O) groups is 1. The van der Waals surface area contributed by atoms with Crippen LogP contribution in [0.5, 0.6) is 11.5 Å². The van der Waals surface area contributed by atoms with Crippen molar-refractivity contribution in [2.75, 3.05) is 18.5 Å². The van der Waals surface area contributed by atoms with E-state index >= 15 is 0 Å². The molecule has 0 fully saturated rings. The average Bonchev–Trinajstić information content (AvgIpc) is 3.02. The molecule has 0 unspecified atom stereocenters. The van der Waals surface area contributed by atoms with Crippen LogP contribution in [0.25, 0.3) is 10.2 Å². The molecule has 0 radical (unpaired) electrons. The molecule has 1 aromatic heterocycles. The highest BCUT2D eigenvalue weighted by Gasteiger charge is 2.09. The molecule has 0 aliphatic heterocycles. The van der Waals surface area contributed by atoms with Gasteiger partial charge in [-0.1, -0.05) is 42.3 Å². The van der Waals surface area contributed by atoms with Gasteiger partial charge in [0.1, 0.15) is 11.5 Å².